The first-order valence-electron chi connectivity index (χ1n) is 22.8. The van der Waals surface area contributed by atoms with Gasteiger partial charge in [0.05, 0.1) is 13.2 Å². The molecule has 0 spiro atoms. The van der Waals surface area contributed by atoms with Crippen LogP contribution in [0.25, 0.3) is 0 Å². The van der Waals surface area contributed by atoms with Crippen LogP contribution in [-0.4, -0.2) is 42.8 Å². The number of allylic oxidation sites excluding steroid dienone is 6. The monoisotopic (exact) mass is 797 g/mol. The Kier molecular flexibility index (Phi) is 40.6. The minimum Gasteiger partial charge on any atom is -0.462 e. The Bertz CT molecular complexity index is 994. The SMILES string of the molecule is CCCCC/C=C\C/C=C\C/C=C\CCCCCCCCC(=O)OC(COC(=O)CCCCCCCCCCCCCCCCCC)COP(=O)(O)OCC. The molecule has 0 saturated heterocycles. The Balaban J connectivity index is 4.07. The average molecular weight is 797 g/mol. The summed E-state index contributed by atoms with van der Waals surface area (Å²) in [5.74, 6) is -0.805. The van der Waals surface area contributed by atoms with Crippen LogP contribution < -0.4 is 0 Å². The smallest absolute Gasteiger partial charge is 0.462 e. The summed E-state index contributed by atoms with van der Waals surface area (Å²) in [5, 5.41) is 0. The predicted molar refractivity (Wildman–Crippen MR) is 230 cm³/mol. The molecule has 0 radical (unpaired) electrons. The van der Waals surface area contributed by atoms with E-state index in [-0.39, 0.29) is 25.6 Å². The van der Waals surface area contributed by atoms with Crippen LogP contribution in [0.5, 0.6) is 0 Å². The Hall–Kier alpha value is -1.73. The summed E-state index contributed by atoms with van der Waals surface area (Å²) in [6, 6.07) is 0. The second-order valence-electron chi connectivity index (χ2n) is 15.1. The fourth-order valence-corrected chi connectivity index (χ4v) is 7.10. The summed E-state index contributed by atoms with van der Waals surface area (Å²) in [6.45, 7) is 5.46. The number of esters is 2. The van der Waals surface area contributed by atoms with Gasteiger partial charge in [0.25, 0.3) is 0 Å². The molecule has 2 unspecified atom stereocenters. The molecule has 322 valence electrons. The maximum absolute atomic E-state index is 12.6. The van der Waals surface area contributed by atoms with Crippen molar-refractivity contribution in [2.24, 2.45) is 0 Å². The number of rotatable bonds is 42. The molecular formula is C46H85O8P. The maximum atomic E-state index is 12.6. The van der Waals surface area contributed by atoms with Crippen molar-refractivity contribution in [1.29, 1.82) is 0 Å². The van der Waals surface area contributed by atoms with Gasteiger partial charge < -0.3 is 14.4 Å². The van der Waals surface area contributed by atoms with Gasteiger partial charge in [0.15, 0.2) is 6.10 Å². The van der Waals surface area contributed by atoms with Gasteiger partial charge in [-0.15, -0.1) is 0 Å². The maximum Gasteiger partial charge on any atom is 0.472 e. The number of hydrogen-bond acceptors (Lipinski definition) is 7. The molecule has 1 N–H and O–H groups in total. The topological polar surface area (TPSA) is 108 Å². The fourth-order valence-electron chi connectivity index (χ4n) is 6.34. The molecule has 0 saturated carbocycles. The molecule has 9 heteroatoms. The molecule has 0 heterocycles. The van der Waals surface area contributed by atoms with E-state index < -0.39 is 26.5 Å². The number of unbranched alkanes of at least 4 members (excludes halogenated alkanes) is 24. The van der Waals surface area contributed by atoms with Crippen LogP contribution >= 0.6 is 7.82 Å². The summed E-state index contributed by atoms with van der Waals surface area (Å²) >= 11 is 0. The van der Waals surface area contributed by atoms with Crippen molar-refractivity contribution in [2.75, 3.05) is 19.8 Å². The van der Waals surface area contributed by atoms with Crippen LogP contribution in [0.1, 0.15) is 220 Å². The molecule has 55 heavy (non-hydrogen) atoms. The lowest BCUT2D eigenvalue weighted by Crippen LogP contribution is -2.29. The van der Waals surface area contributed by atoms with E-state index in [0.29, 0.717) is 12.8 Å². The Morgan fingerprint density at radius 2 is 0.873 bits per heavy atom. The molecule has 0 aromatic heterocycles. The van der Waals surface area contributed by atoms with E-state index in [9.17, 15) is 19.0 Å². The standard InChI is InChI=1S/C46H85O8P/c1-4-7-9-11-13-15-17-19-21-23-24-25-27-29-31-33-35-37-39-41-46(48)54-44(43-53-55(49,50)52-6-3)42-51-45(47)40-38-36-34-32-30-28-26-22-20-18-16-14-12-10-8-5-2/h13,15,19,21,24-25,44H,4-12,14,16-18,20,22-23,26-43H2,1-3H3,(H,49,50)/b15-13-,21-19-,25-24-. The van der Waals surface area contributed by atoms with Gasteiger partial charge in [0.2, 0.25) is 0 Å². The van der Waals surface area contributed by atoms with Gasteiger partial charge in [-0.1, -0.05) is 185 Å². The van der Waals surface area contributed by atoms with Crippen LogP contribution in [0.3, 0.4) is 0 Å². The number of phosphoric ester groups is 1. The van der Waals surface area contributed by atoms with Crippen molar-refractivity contribution < 1.29 is 37.6 Å². The van der Waals surface area contributed by atoms with Crippen LogP contribution in [0, 0.1) is 0 Å². The molecule has 2 atom stereocenters. The zero-order valence-corrected chi connectivity index (χ0v) is 36.7. The molecular weight excluding hydrogens is 711 g/mol. The van der Waals surface area contributed by atoms with Crippen molar-refractivity contribution in [3.63, 3.8) is 0 Å². The number of carbonyl (C=O) groups excluding carboxylic acids is 2. The normalized spacial score (nSPS) is 13.6. The van der Waals surface area contributed by atoms with E-state index in [2.05, 4.69) is 50.3 Å². The Labute approximate surface area is 338 Å². The second kappa shape index (κ2) is 41.9. The van der Waals surface area contributed by atoms with E-state index in [1.54, 1.807) is 6.92 Å². The van der Waals surface area contributed by atoms with Crippen molar-refractivity contribution in [2.45, 2.75) is 226 Å². The van der Waals surface area contributed by atoms with Crippen LogP contribution in [0.2, 0.25) is 0 Å². The first-order chi connectivity index (χ1) is 26.8. The summed E-state index contributed by atoms with van der Waals surface area (Å²) < 4.78 is 32.7. The highest BCUT2D eigenvalue weighted by molar-refractivity contribution is 7.47. The van der Waals surface area contributed by atoms with E-state index >= 15 is 0 Å². The van der Waals surface area contributed by atoms with E-state index in [1.165, 1.54) is 122 Å². The molecule has 8 nitrogen and oxygen atoms in total. The van der Waals surface area contributed by atoms with Gasteiger partial charge in [-0.2, -0.15) is 0 Å². The van der Waals surface area contributed by atoms with E-state index in [1.807, 2.05) is 0 Å². The summed E-state index contributed by atoms with van der Waals surface area (Å²) in [7, 11) is -4.28. The van der Waals surface area contributed by atoms with E-state index in [0.717, 1.165) is 57.8 Å². The average Bonchev–Trinajstić information content (AvgIpc) is 3.16. The Morgan fingerprint density at radius 3 is 1.35 bits per heavy atom. The summed E-state index contributed by atoms with van der Waals surface area (Å²) in [4.78, 5) is 34.8. The van der Waals surface area contributed by atoms with Crippen LogP contribution in [0.15, 0.2) is 36.5 Å². The van der Waals surface area contributed by atoms with Crippen molar-refractivity contribution in [1.82, 2.24) is 0 Å². The molecule has 0 aliphatic carbocycles. The number of hydrogen-bond donors (Lipinski definition) is 1. The van der Waals surface area contributed by atoms with Crippen molar-refractivity contribution >= 4 is 19.8 Å². The third-order valence-electron chi connectivity index (χ3n) is 9.70. The lowest BCUT2D eigenvalue weighted by Gasteiger charge is -2.19. The molecule has 0 aromatic rings. The van der Waals surface area contributed by atoms with Gasteiger partial charge in [-0.05, 0) is 58.3 Å². The zero-order chi connectivity index (χ0) is 40.3. The molecule has 0 fully saturated rings. The predicted octanol–water partition coefficient (Wildman–Crippen LogP) is 14.4. The number of carbonyl (C=O) groups is 2. The summed E-state index contributed by atoms with van der Waals surface area (Å²) in [5.41, 5.74) is 0. The molecule has 0 aromatic carbocycles. The second-order valence-corrected chi connectivity index (χ2v) is 16.5. The highest BCUT2D eigenvalue weighted by Gasteiger charge is 2.25. The minimum atomic E-state index is -4.28. The quantitative estimate of drug-likeness (QED) is 0.0281. The zero-order valence-electron chi connectivity index (χ0n) is 35.8. The van der Waals surface area contributed by atoms with Crippen LogP contribution in [0.4, 0.5) is 0 Å². The van der Waals surface area contributed by atoms with Gasteiger partial charge in [0.1, 0.15) is 6.61 Å². The molecule has 0 amide bonds. The molecule has 0 aliphatic rings. The lowest BCUT2D eigenvalue weighted by atomic mass is 10.0. The van der Waals surface area contributed by atoms with Crippen molar-refractivity contribution in [3.05, 3.63) is 36.5 Å². The number of phosphoric acid groups is 1. The van der Waals surface area contributed by atoms with Crippen LogP contribution in [-0.2, 0) is 32.7 Å². The molecule has 0 rings (SSSR count). The lowest BCUT2D eigenvalue weighted by molar-refractivity contribution is -0.161. The summed E-state index contributed by atoms with van der Waals surface area (Å²) in [6.07, 6.45) is 47.6. The third kappa shape index (κ3) is 41.7. The molecule has 0 aliphatic heterocycles. The third-order valence-corrected chi connectivity index (χ3v) is 10.8. The van der Waals surface area contributed by atoms with Gasteiger partial charge >= 0.3 is 19.8 Å². The fraction of sp³-hybridized carbons (Fsp3) is 0.826. The first kappa shape index (κ1) is 53.3. The van der Waals surface area contributed by atoms with Crippen molar-refractivity contribution in [3.8, 4) is 0 Å². The minimum absolute atomic E-state index is 0.00159. The Morgan fingerprint density at radius 1 is 0.491 bits per heavy atom. The van der Waals surface area contributed by atoms with E-state index in [4.69, 9.17) is 18.5 Å². The van der Waals surface area contributed by atoms with Gasteiger partial charge in [0, 0.05) is 12.8 Å². The number of ether oxygens (including phenoxy) is 2. The van der Waals surface area contributed by atoms with Gasteiger partial charge in [-0.3, -0.25) is 18.6 Å². The molecule has 0 bridgehead atoms. The highest BCUT2D eigenvalue weighted by atomic mass is 31.2. The first-order valence-corrected chi connectivity index (χ1v) is 24.3. The highest BCUT2D eigenvalue weighted by Crippen LogP contribution is 2.43. The largest absolute Gasteiger partial charge is 0.472 e. The van der Waals surface area contributed by atoms with Gasteiger partial charge in [-0.25, -0.2) is 4.57 Å².